The lowest BCUT2D eigenvalue weighted by Gasteiger charge is -2.28. The molecule has 0 atom stereocenters. The highest BCUT2D eigenvalue weighted by atomic mass is 15.1. The predicted molar refractivity (Wildman–Crippen MR) is 66.4 cm³/mol. The second-order valence-electron chi connectivity index (χ2n) is 4.01. The monoisotopic (exact) mass is 230 g/mol. The molecule has 0 aliphatic carbocycles. The zero-order valence-electron chi connectivity index (χ0n) is 9.27. The van der Waals surface area contributed by atoms with Crippen molar-refractivity contribution in [3.05, 3.63) is 30.9 Å². The lowest BCUT2D eigenvalue weighted by molar-refractivity contribution is 0.471. The molecule has 17 heavy (non-hydrogen) atoms. The fourth-order valence-corrected chi connectivity index (χ4v) is 1.65. The van der Waals surface area contributed by atoms with Gasteiger partial charge < -0.3 is 20.9 Å². The van der Waals surface area contributed by atoms with Crippen LogP contribution in [-0.4, -0.2) is 34.1 Å². The van der Waals surface area contributed by atoms with Gasteiger partial charge in [-0.2, -0.15) is 0 Å². The van der Waals surface area contributed by atoms with Crippen LogP contribution in [-0.2, 0) is 0 Å². The Kier molecular flexibility index (Phi) is 2.63. The molecule has 0 radical (unpaired) electrons. The van der Waals surface area contributed by atoms with E-state index in [1.165, 1.54) is 0 Å². The molecule has 1 fully saturated rings. The molecule has 2 aromatic rings. The van der Waals surface area contributed by atoms with Crippen molar-refractivity contribution < 1.29 is 0 Å². The van der Waals surface area contributed by atoms with Crippen LogP contribution in [0, 0.1) is 0 Å². The van der Waals surface area contributed by atoms with Crippen molar-refractivity contribution >= 4 is 17.3 Å². The summed E-state index contributed by atoms with van der Waals surface area (Å²) in [6.07, 6.45) is 5.30. The van der Waals surface area contributed by atoms with Crippen LogP contribution in [0.25, 0.3) is 0 Å². The molecular formula is C11H14N6. The van der Waals surface area contributed by atoms with Crippen molar-refractivity contribution in [1.82, 2.24) is 20.3 Å². The normalized spacial score (nSPS) is 15.3. The van der Waals surface area contributed by atoms with Crippen molar-refractivity contribution in [3.8, 4) is 0 Å². The first-order valence-electron chi connectivity index (χ1n) is 5.59. The summed E-state index contributed by atoms with van der Waals surface area (Å²) in [4.78, 5) is 11.4. The molecule has 88 valence electrons. The number of H-pyrrole nitrogens is 1. The van der Waals surface area contributed by atoms with Gasteiger partial charge in [0.15, 0.2) is 0 Å². The maximum Gasteiger partial charge on any atom is 0.135 e. The third kappa shape index (κ3) is 2.36. The highest BCUT2D eigenvalue weighted by Gasteiger charge is 2.16. The second kappa shape index (κ2) is 4.42. The molecule has 1 aliphatic heterocycles. The standard InChI is InChI=1S/C11H14N6/c1-2-12-4-8(1)16-10-3-11(15-7-14-10)17-9-5-13-6-9/h1-4,7,9,12-13H,5-6H2,(H2,14,15,16,17). The molecule has 0 spiro atoms. The molecule has 0 amide bonds. The van der Waals surface area contributed by atoms with Crippen LogP contribution in [0.15, 0.2) is 30.9 Å². The number of anilines is 3. The molecule has 3 rings (SSSR count). The van der Waals surface area contributed by atoms with Crippen LogP contribution in [0.2, 0.25) is 0 Å². The van der Waals surface area contributed by atoms with Crippen molar-refractivity contribution in [2.45, 2.75) is 6.04 Å². The zero-order chi connectivity index (χ0) is 11.5. The Labute approximate surface area is 98.9 Å². The van der Waals surface area contributed by atoms with Crippen molar-refractivity contribution in [2.24, 2.45) is 0 Å². The Morgan fingerprint density at radius 1 is 1.24 bits per heavy atom. The van der Waals surface area contributed by atoms with Gasteiger partial charge in [-0.3, -0.25) is 0 Å². The van der Waals surface area contributed by atoms with E-state index in [9.17, 15) is 0 Å². The van der Waals surface area contributed by atoms with E-state index >= 15 is 0 Å². The summed E-state index contributed by atoms with van der Waals surface area (Å²) in [5, 5.41) is 9.74. The third-order valence-corrected chi connectivity index (χ3v) is 2.67. The fourth-order valence-electron chi connectivity index (χ4n) is 1.65. The Hall–Kier alpha value is -2.08. The zero-order valence-corrected chi connectivity index (χ0v) is 9.27. The Bertz CT molecular complexity index is 476. The van der Waals surface area contributed by atoms with Crippen LogP contribution in [0.4, 0.5) is 17.3 Å². The van der Waals surface area contributed by atoms with E-state index in [1.807, 2.05) is 24.5 Å². The van der Waals surface area contributed by atoms with Crippen LogP contribution >= 0.6 is 0 Å². The molecule has 0 unspecified atom stereocenters. The van der Waals surface area contributed by atoms with Crippen LogP contribution < -0.4 is 16.0 Å². The molecule has 3 heterocycles. The first kappa shape index (κ1) is 10.1. The summed E-state index contributed by atoms with van der Waals surface area (Å²) in [5.41, 5.74) is 0.986. The number of hydrogen-bond donors (Lipinski definition) is 4. The van der Waals surface area contributed by atoms with E-state index in [-0.39, 0.29) is 0 Å². The molecule has 0 bridgehead atoms. The lowest BCUT2D eigenvalue weighted by atomic mass is 10.2. The average Bonchev–Trinajstić information content (AvgIpc) is 2.77. The van der Waals surface area contributed by atoms with Gasteiger partial charge >= 0.3 is 0 Å². The minimum atomic E-state index is 0.477. The van der Waals surface area contributed by atoms with E-state index in [0.717, 1.165) is 30.4 Å². The van der Waals surface area contributed by atoms with Crippen molar-refractivity contribution in [3.63, 3.8) is 0 Å². The Balaban J connectivity index is 1.69. The van der Waals surface area contributed by atoms with Gasteiger partial charge in [-0.15, -0.1) is 0 Å². The predicted octanol–water partition coefficient (Wildman–Crippen LogP) is 0.932. The average molecular weight is 230 g/mol. The second-order valence-corrected chi connectivity index (χ2v) is 4.01. The summed E-state index contributed by atoms with van der Waals surface area (Å²) < 4.78 is 0. The van der Waals surface area contributed by atoms with Gasteiger partial charge in [-0.25, -0.2) is 9.97 Å². The number of rotatable bonds is 4. The van der Waals surface area contributed by atoms with Gasteiger partial charge in [-0.1, -0.05) is 0 Å². The lowest BCUT2D eigenvalue weighted by Crippen LogP contribution is -2.51. The molecule has 4 N–H and O–H groups in total. The van der Waals surface area contributed by atoms with Gasteiger partial charge in [-0.05, 0) is 6.07 Å². The Morgan fingerprint density at radius 2 is 2.12 bits per heavy atom. The van der Waals surface area contributed by atoms with Gasteiger partial charge in [0.25, 0.3) is 0 Å². The number of aromatic nitrogens is 3. The highest BCUT2D eigenvalue weighted by molar-refractivity contribution is 5.58. The summed E-state index contributed by atoms with van der Waals surface area (Å²) in [7, 11) is 0. The van der Waals surface area contributed by atoms with E-state index in [0.29, 0.717) is 6.04 Å². The fraction of sp³-hybridized carbons (Fsp3) is 0.273. The molecule has 2 aromatic heterocycles. The molecular weight excluding hydrogens is 216 g/mol. The number of nitrogens with one attached hydrogen (secondary N) is 4. The maximum absolute atomic E-state index is 4.19. The minimum Gasteiger partial charge on any atom is -0.366 e. The van der Waals surface area contributed by atoms with Gasteiger partial charge in [0, 0.05) is 31.5 Å². The van der Waals surface area contributed by atoms with Crippen molar-refractivity contribution in [1.29, 1.82) is 0 Å². The molecule has 1 aliphatic rings. The van der Waals surface area contributed by atoms with Crippen LogP contribution in [0.3, 0.4) is 0 Å². The number of aromatic amines is 1. The SMILES string of the molecule is c1nc(Nc2cc[nH]c2)cc(NC2CNC2)n1. The van der Waals surface area contributed by atoms with Gasteiger partial charge in [0.05, 0.1) is 11.7 Å². The quantitative estimate of drug-likeness (QED) is 0.628. The molecule has 6 nitrogen and oxygen atoms in total. The smallest absolute Gasteiger partial charge is 0.135 e. The number of nitrogens with zero attached hydrogens (tertiary/aromatic N) is 2. The van der Waals surface area contributed by atoms with Gasteiger partial charge in [0.2, 0.25) is 0 Å². The maximum atomic E-state index is 4.19. The molecule has 1 saturated heterocycles. The topological polar surface area (TPSA) is 77.7 Å². The van der Waals surface area contributed by atoms with Crippen LogP contribution in [0.5, 0.6) is 0 Å². The first-order valence-corrected chi connectivity index (χ1v) is 5.59. The third-order valence-electron chi connectivity index (χ3n) is 2.67. The van der Waals surface area contributed by atoms with E-state index in [2.05, 4.69) is 30.9 Å². The van der Waals surface area contributed by atoms with E-state index in [1.54, 1.807) is 6.33 Å². The largest absolute Gasteiger partial charge is 0.366 e. The summed E-state index contributed by atoms with van der Waals surface area (Å²) in [6.45, 7) is 1.98. The highest BCUT2D eigenvalue weighted by Crippen LogP contribution is 2.16. The number of hydrogen-bond acceptors (Lipinski definition) is 5. The molecule has 6 heteroatoms. The first-order chi connectivity index (χ1) is 8.40. The Morgan fingerprint density at radius 3 is 2.82 bits per heavy atom. The summed E-state index contributed by atoms with van der Waals surface area (Å²) >= 11 is 0. The molecule has 0 aromatic carbocycles. The van der Waals surface area contributed by atoms with Crippen molar-refractivity contribution in [2.75, 3.05) is 23.7 Å². The summed E-state index contributed by atoms with van der Waals surface area (Å²) in [5.74, 6) is 1.64. The van der Waals surface area contributed by atoms with E-state index in [4.69, 9.17) is 0 Å². The van der Waals surface area contributed by atoms with Crippen LogP contribution in [0.1, 0.15) is 0 Å². The van der Waals surface area contributed by atoms with Gasteiger partial charge in [0.1, 0.15) is 18.0 Å². The minimum absolute atomic E-state index is 0.477. The molecule has 0 saturated carbocycles. The van der Waals surface area contributed by atoms with E-state index < -0.39 is 0 Å². The summed E-state index contributed by atoms with van der Waals surface area (Å²) in [6, 6.07) is 4.33.